The number of hydrogen-bond acceptors (Lipinski definition) is 4. The van der Waals surface area contributed by atoms with E-state index < -0.39 is 0 Å². The van der Waals surface area contributed by atoms with Crippen molar-refractivity contribution in [2.24, 2.45) is 45.8 Å². The van der Waals surface area contributed by atoms with Gasteiger partial charge < -0.3 is 11.5 Å². The molecule has 0 spiro atoms. The largest absolute Gasteiger partial charge is 0.369 e. The normalized spacial score (nSPS) is 12.5. The van der Waals surface area contributed by atoms with Gasteiger partial charge in [0.25, 0.3) is 11.3 Å². The minimum absolute atomic E-state index is 0.300. The number of nitrogens with two attached hydrogens (primary N) is 2. The zero-order valence-electron chi connectivity index (χ0n) is 28.5. The minimum Gasteiger partial charge on any atom is -0.369 e. The first-order valence-corrected chi connectivity index (χ1v) is 16.8. The van der Waals surface area contributed by atoms with E-state index in [0.717, 1.165) is 70.6 Å². The van der Waals surface area contributed by atoms with Gasteiger partial charge in [-0.1, -0.05) is 49.2 Å². The lowest BCUT2D eigenvalue weighted by molar-refractivity contribution is -0.510. The van der Waals surface area contributed by atoms with Gasteiger partial charge in [0, 0.05) is 36.3 Å². The molecule has 4 heterocycles. The van der Waals surface area contributed by atoms with E-state index in [1.807, 2.05) is 48.5 Å². The third-order valence-electron chi connectivity index (χ3n) is 8.50. The summed E-state index contributed by atoms with van der Waals surface area (Å²) in [5.41, 5.74) is 26.3. The number of aryl methyl sites for hydroxylation is 2. The van der Waals surface area contributed by atoms with Crippen LogP contribution >= 0.6 is 0 Å². The molecule has 4 aromatic heterocycles. The van der Waals surface area contributed by atoms with E-state index in [4.69, 9.17) is 11.5 Å². The molecular weight excluding hydrogens is 625 g/mol. The molecule has 6 N–H and O–H groups in total. The number of hydrogen-bond donors (Lipinski definition) is 4. The molecule has 0 aliphatic carbocycles. The maximum Gasteiger partial charge on any atom is 0.286 e. The van der Waals surface area contributed by atoms with Gasteiger partial charge in [0.1, 0.15) is 12.4 Å². The molecule has 0 amide bonds. The SMILES string of the molecule is Cn1c(-c2ccc(/C=N\NC(N)=NCCCCCCN=C(N)N/N=C/c3ccc(-c4c[n+]5ccccc5n4C)cc3)cc2)c[n+]2ccccc12. The average molecular weight is 669 g/mol. The molecule has 0 unspecified atom stereocenters. The number of aromatic nitrogens is 4. The number of rotatable bonds is 13. The molecule has 254 valence electrons. The predicted molar refractivity (Wildman–Crippen MR) is 201 cm³/mol. The first-order valence-electron chi connectivity index (χ1n) is 16.8. The van der Waals surface area contributed by atoms with E-state index in [2.05, 4.69) is 124 Å². The summed E-state index contributed by atoms with van der Waals surface area (Å²) in [7, 11) is 4.14. The quantitative estimate of drug-likeness (QED) is 0.0487. The van der Waals surface area contributed by atoms with Gasteiger partial charge in [-0.05, 0) is 60.4 Å². The molecule has 0 saturated heterocycles. The Morgan fingerprint density at radius 1 is 0.600 bits per heavy atom. The third kappa shape index (κ3) is 8.40. The highest BCUT2D eigenvalue weighted by molar-refractivity contribution is 5.84. The van der Waals surface area contributed by atoms with E-state index in [0.29, 0.717) is 25.0 Å². The summed E-state index contributed by atoms with van der Waals surface area (Å²) in [4.78, 5) is 8.73. The van der Waals surface area contributed by atoms with Crippen LogP contribution in [0.15, 0.2) is 130 Å². The van der Waals surface area contributed by atoms with Crippen molar-refractivity contribution in [2.75, 3.05) is 13.1 Å². The lowest BCUT2D eigenvalue weighted by atomic mass is 10.1. The molecule has 12 heteroatoms. The molecule has 2 aromatic carbocycles. The van der Waals surface area contributed by atoms with Crippen molar-refractivity contribution in [1.82, 2.24) is 20.0 Å². The fourth-order valence-electron chi connectivity index (χ4n) is 5.77. The van der Waals surface area contributed by atoms with E-state index in [-0.39, 0.29) is 0 Å². The topological polar surface area (TPSA) is 144 Å². The Kier molecular flexibility index (Phi) is 10.9. The number of nitrogens with one attached hydrogen (secondary N) is 2. The van der Waals surface area contributed by atoms with Crippen molar-refractivity contribution >= 4 is 35.6 Å². The van der Waals surface area contributed by atoms with Gasteiger partial charge in [-0.25, -0.2) is 28.8 Å². The van der Waals surface area contributed by atoms with Gasteiger partial charge in [-0.3, -0.25) is 9.98 Å². The van der Waals surface area contributed by atoms with Crippen LogP contribution in [-0.2, 0) is 14.1 Å². The van der Waals surface area contributed by atoms with Crippen molar-refractivity contribution < 1.29 is 8.80 Å². The van der Waals surface area contributed by atoms with Gasteiger partial charge >= 0.3 is 0 Å². The Hall–Kier alpha value is -6.30. The number of imidazole rings is 2. The van der Waals surface area contributed by atoms with Crippen molar-refractivity contribution in [3.8, 4) is 22.5 Å². The van der Waals surface area contributed by atoms with Crippen LogP contribution in [-0.4, -0.2) is 46.6 Å². The predicted octanol–water partition coefficient (Wildman–Crippen LogP) is 3.91. The second-order valence-corrected chi connectivity index (χ2v) is 12.0. The average Bonchev–Trinajstić information content (AvgIpc) is 3.66. The first-order chi connectivity index (χ1) is 24.5. The molecule has 50 heavy (non-hydrogen) atoms. The molecule has 0 bridgehead atoms. The lowest BCUT2D eigenvalue weighted by Gasteiger charge is -2.02. The Morgan fingerprint density at radius 2 is 1.02 bits per heavy atom. The highest BCUT2D eigenvalue weighted by atomic mass is 15.4. The molecule has 0 aliphatic heterocycles. The Bertz CT molecular complexity index is 2000. The number of fused-ring (bicyclic) bond motifs is 2. The second-order valence-electron chi connectivity index (χ2n) is 12.0. The third-order valence-corrected chi connectivity index (χ3v) is 8.50. The summed E-state index contributed by atoms with van der Waals surface area (Å²) in [6.45, 7) is 1.27. The van der Waals surface area contributed by atoms with Crippen molar-refractivity contribution in [1.29, 1.82) is 0 Å². The van der Waals surface area contributed by atoms with E-state index in [9.17, 15) is 0 Å². The summed E-state index contributed by atoms with van der Waals surface area (Å²) in [5, 5.41) is 8.46. The number of aliphatic imine (C=N–C) groups is 2. The maximum atomic E-state index is 5.98. The molecule has 6 aromatic rings. The van der Waals surface area contributed by atoms with Crippen LogP contribution in [0.2, 0.25) is 0 Å². The summed E-state index contributed by atoms with van der Waals surface area (Å²) in [5.74, 6) is 0.600. The molecule has 0 radical (unpaired) electrons. The van der Waals surface area contributed by atoms with Gasteiger partial charge in [0.15, 0.2) is 11.4 Å². The van der Waals surface area contributed by atoms with Crippen LogP contribution < -0.4 is 31.1 Å². The van der Waals surface area contributed by atoms with Gasteiger partial charge in [0.05, 0.1) is 38.9 Å². The van der Waals surface area contributed by atoms with Gasteiger partial charge in [-0.2, -0.15) is 10.2 Å². The lowest BCUT2D eigenvalue weighted by Crippen LogP contribution is -2.27. The van der Waals surface area contributed by atoms with E-state index in [1.54, 1.807) is 12.4 Å². The second kappa shape index (κ2) is 16.2. The Balaban J connectivity index is 0.843. The number of pyridine rings is 2. The summed E-state index contributed by atoms with van der Waals surface area (Å²) >= 11 is 0. The number of benzene rings is 2. The Morgan fingerprint density at radius 3 is 1.42 bits per heavy atom. The maximum absolute atomic E-state index is 5.98. The highest BCUT2D eigenvalue weighted by Gasteiger charge is 2.16. The van der Waals surface area contributed by atoms with Crippen LogP contribution in [0.5, 0.6) is 0 Å². The monoisotopic (exact) mass is 668 g/mol. The van der Waals surface area contributed by atoms with Crippen LogP contribution in [0, 0.1) is 0 Å². The molecule has 0 atom stereocenters. The number of nitrogens with zero attached hydrogens (tertiary/aromatic N) is 8. The molecule has 0 aliphatic rings. The van der Waals surface area contributed by atoms with Crippen molar-refractivity contribution in [3.05, 3.63) is 121 Å². The molecule has 0 fully saturated rings. The fourth-order valence-corrected chi connectivity index (χ4v) is 5.77. The summed E-state index contributed by atoms with van der Waals surface area (Å²) < 4.78 is 8.59. The van der Waals surface area contributed by atoms with E-state index >= 15 is 0 Å². The molecule has 0 saturated carbocycles. The number of guanidine groups is 2. The molecule has 12 nitrogen and oxygen atoms in total. The zero-order valence-corrected chi connectivity index (χ0v) is 28.5. The van der Waals surface area contributed by atoms with E-state index in [1.165, 1.54) is 0 Å². The van der Waals surface area contributed by atoms with Crippen LogP contribution in [0.1, 0.15) is 36.8 Å². The summed E-state index contributed by atoms with van der Waals surface area (Å²) in [6.07, 6.45) is 15.7. The van der Waals surface area contributed by atoms with Crippen LogP contribution in [0.25, 0.3) is 33.8 Å². The standard InChI is InChI=1S/C38H44N12/c1-47-33(27-49-23-9-5-11-35(47)49)31-17-13-29(14-18-31)25-43-45-37(39)41-21-7-3-4-8-22-42-38(40)46-44-26-30-15-19-32(20-16-30)34-28-50-24-10-6-12-36(50)48(34)2/h5-6,9-20,23-28H,3-4,7-8,21-22H2,1-2H3,(H3,39,41,45)(H3,40,42,46)/q+2/b43-25-,44-26+. The van der Waals surface area contributed by atoms with Crippen molar-refractivity contribution in [3.63, 3.8) is 0 Å². The minimum atomic E-state index is 0.300. The number of unbranched alkanes of at least 4 members (excludes halogenated alkanes) is 3. The smallest absolute Gasteiger partial charge is 0.286 e. The van der Waals surface area contributed by atoms with Gasteiger partial charge in [0.2, 0.25) is 11.9 Å². The highest BCUT2D eigenvalue weighted by Crippen LogP contribution is 2.21. The van der Waals surface area contributed by atoms with Crippen LogP contribution in [0.4, 0.5) is 0 Å². The zero-order chi connectivity index (χ0) is 34.7. The van der Waals surface area contributed by atoms with Crippen molar-refractivity contribution in [2.45, 2.75) is 25.7 Å². The van der Waals surface area contributed by atoms with Crippen LogP contribution in [0.3, 0.4) is 0 Å². The van der Waals surface area contributed by atoms with Gasteiger partial charge in [-0.15, -0.1) is 0 Å². The number of hydrazone groups is 2. The first kappa shape index (κ1) is 33.6. The fraction of sp³-hybridized carbons (Fsp3) is 0.211. The molecular formula is C38H44N12+2. The summed E-state index contributed by atoms with van der Waals surface area (Å²) in [6, 6.07) is 28.8. The Labute approximate surface area is 291 Å². The molecule has 6 rings (SSSR count).